The van der Waals surface area contributed by atoms with E-state index in [2.05, 4.69) is 5.32 Å². The number of non-ortho nitro benzene ring substituents is 1. The van der Waals surface area contributed by atoms with Gasteiger partial charge < -0.3 is 10.2 Å². The molecular formula is C14H18N4O4. The summed E-state index contributed by atoms with van der Waals surface area (Å²) in [6.07, 6.45) is 4.36. The van der Waals surface area contributed by atoms with E-state index in [9.17, 15) is 20.2 Å². The van der Waals surface area contributed by atoms with E-state index in [4.69, 9.17) is 0 Å². The summed E-state index contributed by atoms with van der Waals surface area (Å²) in [5.41, 5.74) is 0.0315. The first-order valence-corrected chi connectivity index (χ1v) is 7.48. The second-order valence-electron chi connectivity index (χ2n) is 5.89. The van der Waals surface area contributed by atoms with Gasteiger partial charge >= 0.3 is 0 Å². The predicted octanol–water partition coefficient (Wildman–Crippen LogP) is 2.22. The zero-order chi connectivity index (χ0) is 15.7. The van der Waals surface area contributed by atoms with Crippen LogP contribution in [0.3, 0.4) is 0 Å². The molecule has 0 bridgehead atoms. The van der Waals surface area contributed by atoms with Crippen LogP contribution < -0.4 is 10.2 Å². The Balaban J connectivity index is 1.73. The van der Waals surface area contributed by atoms with Crippen LogP contribution in [-0.2, 0) is 0 Å². The number of hydrogen-bond donors (Lipinski definition) is 1. The van der Waals surface area contributed by atoms with Crippen molar-refractivity contribution in [3.63, 3.8) is 0 Å². The highest BCUT2D eigenvalue weighted by Gasteiger charge is 2.29. The number of benzene rings is 1. The first-order chi connectivity index (χ1) is 10.5. The zero-order valence-corrected chi connectivity index (χ0v) is 12.1. The first kappa shape index (κ1) is 14.7. The lowest BCUT2D eigenvalue weighted by Gasteiger charge is -2.33. The van der Waals surface area contributed by atoms with Crippen molar-refractivity contribution in [2.75, 3.05) is 18.0 Å². The normalized spacial score (nSPS) is 19.2. The fraction of sp³-hybridized carbons (Fsp3) is 0.571. The molecule has 1 aromatic carbocycles. The summed E-state index contributed by atoms with van der Waals surface area (Å²) in [5.74, 6) is 0. The smallest absolute Gasteiger partial charge is 0.299 e. The lowest BCUT2D eigenvalue weighted by molar-refractivity contribution is -0.393. The average molecular weight is 306 g/mol. The molecule has 8 heteroatoms. The van der Waals surface area contributed by atoms with Gasteiger partial charge in [-0.15, -0.1) is 0 Å². The maximum Gasteiger partial charge on any atom is 0.299 e. The van der Waals surface area contributed by atoms with Crippen LogP contribution in [-0.4, -0.2) is 35.0 Å². The summed E-state index contributed by atoms with van der Waals surface area (Å²) in [4.78, 5) is 22.8. The summed E-state index contributed by atoms with van der Waals surface area (Å²) in [7, 11) is 0. The van der Waals surface area contributed by atoms with Crippen molar-refractivity contribution in [3.05, 3.63) is 38.4 Å². The molecule has 0 spiro atoms. The molecule has 0 unspecified atom stereocenters. The van der Waals surface area contributed by atoms with Gasteiger partial charge in [0.2, 0.25) is 0 Å². The molecular weight excluding hydrogens is 288 g/mol. The Labute approximate surface area is 127 Å². The molecule has 1 heterocycles. The SMILES string of the molecule is O=[N+]([O-])c1ccc(N2CCC(NC3CC3)CC2)c([N+](=O)[O-])c1. The molecule has 2 aliphatic rings. The van der Waals surface area contributed by atoms with Gasteiger partial charge in [0.15, 0.2) is 0 Å². The highest BCUT2D eigenvalue weighted by molar-refractivity contribution is 5.67. The van der Waals surface area contributed by atoms with Gasteiger partial charge in [-0.25, -0.2) is 0 Å². The molecule has 8 nitrogen and oxygen atoms in total. The molecule has 22 heavy (non-hydrogen) atoms. The van der Waals surface area contributed by atoms with Crippen LogP contribution in [0, 0.1) is 20.2 Å². The van der Waals surface area contributed by atoms with Crippen LogP contribution in [0.15, 0.2) is 18.2 Å². The number of nitrogens with zero attached hydrogens (tertiary/aromatic N) is 3. The molecule has 0 amide bonds. The monoisotopic (exact) mass is 306 g/mol. The molecule has 1 saturated carbocycles. The molecule has 0 radical (unpaired) electrons. The topological polar surface area (TPSA) is 102 Å². The van der Waals surface area contributed by atoms with E-state index in [1.807, 2.05) is 4.90 Å². The van der Waals surface area contributed by atoms with Crippen molar-refractivity contribution >= 4 is 17.1 Å². The fourth-order valence-corrected chi connectivity index (χ4v) is 2.91. The van der Waals surface area contributed by atoms with E-state index in [0.29, 0.717) is 17.8 Å². The van der Waals surface area contributed by atoms with E-state index in [0.717, 1.165) is 32.0 Å². The van der Waals surface area contributed by atoms with E-state index in [-0.39, 0.29) is 11.4 Å². The maximum atomic E-state index is 11.2. The quantitative estimate of drug-likeness (QED) is 0.661. The average Bonchev–Trinajstić information content (AvgIpc) is 3.31. The highest BCUT2D eigenvalue weighted by atomic mass is 16.6. The summed E-state index contributed by atoms with van der Waals surface area (Å²) < 4.78 is 0. The van der Waals surface area contributed by atoms with Crippen LogP contribution >= 0.6 is 0 Å². The molecule has 1 aromatic rings. The van der Waals surface area contributed by atoms with E-state index < -0.39 is 9.85 Å². The van der Waals surface area contributed by atoms with Gasteiger partial charge in [0, 0.05) is 31.2 Å². The van der Waals surface area contributed by atoms with Gasteiger partial charge in [-0.2, -0.15) is 0 Å². The van der Waals surface area contributed by atoms with Crippen molar-refractivity contribution < 1.29 is 9.85 Å². The van der Waals surface area contributed by atoms with E-state index in [1.165, 1.54) is 25.0 Å². The van der Waals surface area contributed by atoms with Crippen molar-refractivity contribution in [1.29, 1.82) is 0 Å². The Kier molecular flexibility index (Phi) is 3.93. The van der Waals surface area contributed by atoms with Crippen molar-refractivity contribution in [1.82, 2.24) is 5.32 Å². The fourth-order valence-electron chi connectivity index (χ4n) is 2.91. The Morgan fingerprint density at radius 1 is 1.00 bits per heavy atom. The minimum Gasteiger partial charge on any atom is -0.366 e. The molecule has 2 fully saturated rings. The summed E-state index contributed by atoms with van der Waals surface area (Å²) in [6.45, 7) is 1.45. The van der Waals surface area contributed by atoms with Gasteiger partial charge in [-0.05, 0) is 31.7 Å². The van der Waals surface area contributed by atoms with Gasteiger partial charge in [-0.3, -0.25) is 20.2 Å². The molecule has 1 N–H and O–H groups in total. The standard InChI is InChI=1S/C14H18N4O4/c19-17(20)12-3-4-13(14(9-12)18(21)22)16-7-5-11(6-8-16)15-10-1-2-10/h3-4,9-11,15H,1-2,5-8H2. The number of nitro benzene ring substituents is 2. The third-order valence-electron chi connectivity index (χ3n) is 4.25. The summed E-state index contributed by atoms with van der Waals surface area (Å²) >= 11 is 0. The summed E-state index contributed by atoms with van der Waals surface area (Å²) in [5, 5.41) is 25.6. The Bertz CT molecular complexity index is 595. The Morgan fingerprint density at radius 3 is 2.18 bits per heavy atom. The molecule has 1 saturated heterocycles. The third-order valence-corrected chi connectivity index (χ3v) is 4.25. The first-order valence-electron chi connectivity index (χ1n) is 7.48. The third kappa shape index (κ3) is 3.16. The molecule has 3 rings (SSSR count). The highest BCUT2D eigenvalue weighted by Crippen LogP contribution is 2.34. The molecule has 0 aromatic heterocycles. The molecule has 1 aliphatic carbocycles. The van der Waals surface area contributed by atoms with Crippen LogP contribution in [0.4, 0.5) is 17.1 Å². The van der Waals surface area contributed by atoms with Crippen molar-refractivity contribution in [2.45, 2.75) is 37.8 Å². The number of rotatable bonds is 5. The van der Waals surface area contributed by atoms with E-state index >= 15 is 0 Å². The van der Waals surface area contributed by atoms with Crippen molar-refractivity contribution in [3.8, 4) is 0 Å². The second-order valence-corrected chi connectivity index (χ2v) is 5.89. The van der Waals surface area contributed by atoms with Crippen LogP contribution in [0.25, 0.3) is 0 Å². The van der Waals surface area contributed by atoms with E-state index in [1.54, 1.807) is 0 Å². The number of hydrogen-bond acceptors (Lipinski definition) is 6. The number of piperidine rings is 1. The minimum atomic E-state index is -0.609. The zero-order valence-electron chi connectivity index (χ0n) is 12.1. The molecule has 0 atom stereocenters. The largest absolute Gasteiger partial charge is 0.366 e. The lowest BCUT2D eigenvalue weighted by atomic mass is 10.0. The number of anilines is 1. The maximum absolute atomic E-state index is 11.2. The Morgan fingerprint density at radius 2 is 1.64 bits per heavy atom. The Hall–Kier alpha value is -2.22. The predicted molar refractivity (Wildman–Crippen MR) is 81.1 cm³/mol. The van der Waals surface area contributed by atoms with Crippen LogP contribution in [0.1, 0.15) is 25.7 Å². The molecule has 118 valence electrons. The molecule has 1 aliphatic heterocycles. The van der Waals surface area contributed by atoms with Gasteiger partial charge in [0.1, 0.15) is 5.69 Å². The van der Waals surface area contributed by atoms with Crippen molar-refractivity contribution in [2.24, 2.45) is 0 Å². The van der Waals surface area contributed by atoms with Crippen LogP contribution in [0.5, 0.6) is 0 Å². The second kappa shape index (κ2) is 5.88. The minimum absolute atomic E-state index is 0.192. The van der Waals surface area contributed by atoms with Crippen LogP contribution in [0.2, 0.25) is 0 Å². The lowest BCUT2D eigenvalue weighted by Crippen LogP contribution is -2.43. The summed E-state index contributed by atoms with van der Waals surface area (Å²) in [6, 6.07) is 5.00. The van der Waals surface area contributed by atoms with Gasteiger partial charge in [-0.1, -0.05) is 0 Å². The number of nitrogens with one attached hydrogen (secondary N) is 1. The van der Waals surface area contributed by atoms with Gasteiger partial charge in [0.25, 0.3) is 11.4 Å². The van der Waals surface area contributed by atoms with Gasteiger partial charge in [0.05, 0.1) is 15.9 Å². The number of nitro groups is 2.